The number of ether oxygens (including phenoxy) is 1. The Morgan fingerprint density at radius 2 is 1.90 bits per heavy atom. The van der Waals surface area contributed by atoms with Gasteiger partial charge in [0.05, 0.1) is 12.8 Å². The summed E-state index contributed by atoms with van der Waals surface area (Å²) >= 11 is 3.44. The summed E-state index contributed by atoms with van der Waals surface area (Å²) in [6.07, 6.45) is 2.43. The second kappa shape index (κ2) is 8.61. The topological polar surface area (TPSA) is 67.3 Å². The number of rotatable bonds is 6. The molecule has 2 aromatic carbocycles. The second-order valence-corrected chi connectivity index (χ2v) is 7.78. The van der Waals surface area contributed by atoms with Crippen molar-refractivity contribution in [1.82, 2.24) is 14.9 Å². The summed E-state index contributed by atoms with van der Waals surface area (Å²) in [5, 5.41) is 3.20. The maximum atomic E-state index is 12.8. The summed E-state index contributed by atoms with van der Waals surface area (Å²) in [5.74, 6) is 1.34. The molecule has 0 saturated carbocycles. The number of carbonyl (C=O) groups is 1. The summed E-state index contributed by atoms with van der Waals surface area (Å²) in [6, 6.07) is 17.3. The third kappa shape index (κ3) is 4.56. The van der Waals surface area contributed by atoms with E-state index in [1.54, 1.807) is 13.3 Å². The molecule has 1 fully saturated rings. The molecule has 1 N–H and O–H groups in total. The minimum atomic E-state index is -0.312. The van der Waals surface area contributed by atoms with Crippen molar-refractivity contribution < 1.29 is 9.53 Å². The van der Waals surface area contributed by atoms with Crippen molar-refractivity contribution >= 4 is 27.8 Å². The summed E-state index contributed by atoms with van der Waals surface area (Å²) in [6.45, 7) is 1.29. The molecule has 1 aromatic heterocycles. The zero-order valence-corrected chi connectivity index (χ0v) is 17.6. The standard InChI is InChI=1S/C22H21BrN4O2/c1-29-18-8-2-15(3-9-18)14-27-13-11-20(21(27)28)26-22-24-12-10-19(25-22)16-4-6-17(23)7-5-16/h2-10,12,20H,11,13-14H2,1H3,(H,24,25,26). The molecule has 0 radical (unpaired) electrons. The average Bonchev–Trinajstić information content (AvgIpc) is 3.08. The molecule has 0 bridgehead atoms. The zero-order valence-electron chi connectivity index (χ0n) is 16.0. The minimum absolute atomic E-state index is 0.0680. The van der Waals surface area contributed by atoms with E-state index in [1.165, 1.54) is 0 Å². The third-order valence-corrected chi connectivity index (χ3v) is 5.46. The van der Waals surface area contributed by atoms with E-state index in [0.29, 0.717) is 19.0 Å². The minimum Gasteiger partial charge on any atom is -0.497 e. The number of amides is 1. The first kappa shape index (κ1) is 19.4. The van der Waals surface area contributed by atoms with Crippen LogP contribution in [-0.4, -0.2) is 40.5 Å². The van der Waals surface area contributed by atoms with E-state index in [4.69, 9.17) is 4.74 Å². The molecule has 1 aliphatic rings. The molecule has 1 saturated heterocycles. The number of anilines is 1. The molecule has 2 heterocycles. The van der Waals surface area contributed by atoms with E-state index in [1.807, 2.05) is 59.5 Å². The molecule has 1 amide bonds. The highest BCUT2D eigenvalue weighted by Gasteiger charge is 2.32. The molecule has 0 aliphatic carbocycles. The predicted octanol–water partition coefficient (Wildman–Crippen LogP) is 4.13. The molecule has 1 unspecified atom stereocenters. The van der Waals surface area contributed by atoms with Crippen LogP contribution in [0.3, 0.4) is 0 Å². The quantitative estimate of drug-likeness (QED) is 0.608. The van der Waals surface area contributed by atoms with Crippen LogP contribution < -0.4 is 10.1 Å². The molecule has 1 atom stereocenters. The molecule has 1 aliphatic heterocycles. The van der Waals surface area contributed by atoms with E-state index in [-0.39, 0.29) is 11.9 Å². The Bertz CT molecular complexity index is 992. The molecule has 0 spiro atoms. The first-order valence-electron chi connectivity index (χ1n) is 9.39. The van der Waals surface area contributed by atoms with Gasteiger partial charge in [-0.3, -0.25) is 4.79 Å². The number of likely N-dealkylation sites (tertiary alicyclic amines) is 1. The Morgan fingerprint density at radius 1 is 1.14 bits per heavy atom. The number of nitrogens with zero attached hydrogens (tertiary/aromatic N) is 3. The van der Waals surface area contributed by atoms with Crippen LogP contribution in [0.25, 0.3) is 11.3 Å². The van der Waals surface area contributed by atoms with Crippen LogP contribution in [0.5, 0.6) is 5.75 Å². The molecule has 4 rings (SSSR count). The average molecular weight is 453 g/mol. The lowest BCUT2D eigenvalue weighted by atomic mass is 10.1. The number of methoxy groups -OCH3 is 1. The number of benzene rings is 2. The van der Waals surface area contributed by atoms with E-state index < -0.39 is 0 Å². The third-order valence-electron chi connectivity index (χ3n) is 4.93. The maximum absolute atomic E-state index is 12.8. The lowest BCUT2D eigenvalue weighted by molar-refractivity contribution is -0.128. The lowest BCUT2D eigenvalue weighted by Crippen LogP contribution is -2.33. The van der Waals surface area contributed by atoms with Crippen molar-refractivity contribution in [3.8, 4) is 17.0 Å². The monoisotopic (exact) mass is 452 g/mol. The smallest absolute Gasteiger partial charge is 0.245 e. The highest BCUT2D eigenvalue weighted by atomic mass is 79.9. The molecule has 6 nitrogen and oxygen atoms in total. The number of nitrogens with one attached hydrogen (secondary N) is 1. The van der Waals surface area contributed by atoms with Gasteiger partial charge < -0.3 is 15.0 Å². The van der Waals surface area contributed by atoms with Gasteiger partial charge in [0.25, 0.3) is 0 Å². The summed E-state index contributed by atoms with van der Waals surface area (Å²) in [5.41, 5.74) is 2.89. The first-order valence-corrected chi connectivity index (χ1v) is 10.2. The Balaban J connectivity index is 1.41. The molecule has 7 heteroatoms. The highest BCUT2D eigenvalue weighted by Crippen LogP contribution is 2.22. The van der Waals surface area contributed by atoms with Crippen LogP contribution in [0.15, 0.2) is 65.3 Å². The van der Waals surface area contributed by atoms with Crippen LogP contribution in [0.1, 0.15) is 12.0 Å². The first-order chi connectivity index (χ1) is 14.1. The predicted molar refractivity (Wildman–Crippen MR) is 116 cm³/mol. The van der Waals surface area contributed by atoms with Gasteiger partial charge in [-0.05, 0) is 42.3 Å². The molecule has 29 heavy (non-hydrogen) atoms. The van der Waals surface area contributed by atoms with Gasteiger partial charge >= 0.3 is 0 Å². The van der Waals surface area contributed by atoms with Gasteiger partial charge in [0.1, 0.15) is 11.8 Å². The van der Waals surface area contributed by atoms with Gasteiger partial charge in [-0.15, -0.1) is 0 Å². The van der Waals surface area contributed by atoms with Gasteiger partial charge in [0.15, 0.2) is 0 Å². The SMILES string of the molecule is COc1ccc(CN2CCC(Nc3nccc(-c4ccc(Br)cc4)n3)C2=O)cc1. The largest absolute Gasteiger partial charge is 0.497 e. The van der Waals surface area contributed by atoms with Crippen molar-refractivity contribution in [2.75, 3.05) is 19.0 Å². The number of halogens is 1. The number of hydrogen-bond acceptors (Lipinski definition) is 5. The lowest BCUT2D eigenvalue weighted by Gasteiger charge is -2.17. The second-order valence-electron chi connectivity index (χ2n) is 6.87. The van der Waals surface area contributed by atoms with Crippen LogP contribution in [0, 0.1) is 0 Å². The highest BCUT2D eigenvalue weighted by molar-refractivity contribution is 9.10. The zero-order chi connectivity index (χ0) is 20.2. The van der Waals surface area contributed by atoms with E-state index >= 15 is 0 Å². The summed E-state index contributed by atoms with van der Waals surface area (Å²) in [7, 11) is 1.64. The summed E-state index contributed by atoms with van der Waals surface area (Å²) < 4.78 is 6.20. The molecular formula is C22H21BrN4O2. The Hall–Kier alpha value is -2.93. The van der Waals surface area contributed by atoms with Crippen molar-refractivity contribution in [2.45, 2.75) is 19.0 Å². The van der Waals surface area contributed by atoms with Crippen molar-refractivity contribution in [1.29, 1.82) is 0 Å². The van der Waals surface area contributed by atoms with Crippen LogP contribution in [-0.2, 0) is 11.3 Å². The van der Waals surface area contributed by atoms with Gasteiger partial charge in [-0.25, -0.2) is 9.97 Å². The van der Waals surface area contributed by atoms with Crippen molar-refractivity contribution in [2.24, 2.45) is 0 Å². The van der Waals surface area contributed by atoms with Gasteiger partial charge in [-0.1, -0.05) is 40.2 Å². The normalized spacial score (nSPS) is 16.1. The van der Waals surface area contributed by atoms with E-state index in [2.05, 4.69) is 31.2 Å². The van der Waals surface area contributed by atoms with Crippen LogP contribution in [0.4, 0.5) is 5.95 Å². The van der Waals surface area contributed by atoms with Crippen LogP contribution >= 0.6 is 15.9 Å². The Kier molecular flexibility index (Phi) is 5.76. The maximum Gasteiger partial charge on any atom is 0.245 e. The Morgan fingerprint density at radius 3 is 2.62 bits per heavy atom. The summed E-state index contributed by atoms with van der Waals surface area (Å²) in [4.78, 5) is 23.5. The van der Waals surface area contributed by atoms with E-state index in [0.717, 1.165) is 33.5 Å². The fourth-order valence-electron chi connectivity index (χ4n) is 3.35. The molecule has 3 aromatic rings. The van der Waals surface area contributed by atoms with E-state index in [9.17, 15) is 4.79 Å². The van der Waals surface area contributed by atoms with Crippen molar-refractivity contribution in [3.05, 3.63) is 70.8 Å². The number of hydrogen-bond donors (Lipinski definition) is 1. The molecule has 148 valence electrons. The van der Waals surface area contributed by atoms with Gasteiger partial charge in [0.2, 0.25) is 11.9 Å². The van der Waals surface area contributed by atoms with Gasteiger partial charge in [-0.2, -0.15) is 0 Å². The van der Waals surface area contributed by atoms with Crippen molar-refractivity contribution in [3.63, 3.8) is 0 Å². The fraction of sp³-hybridized carbons (Fsp3) is 0.227. The van der Waals surface area contributed by atoms with Gasteiger partial charge in [0, 0.05) is 29.3 Å². The number of carbonyl (C=O) groups excluding carboxylic acids is 1. The fourth-order valence-corrected chi connectivity index (χ4v) is 3.61. The Labute approximate surface area is 178 Å². The molecular weight excluding hydrogens is 432 g/mol. The van der Waals surface area contributed by atoms with Crippen LogP contribution in [0.2, 0.25) is 0 Å². The number of aromatic nitrogens is 2.